The molecule has 1 aromatic heterocycles. The number of hydrazine groups is 1. The molecule has 0 saturated heterocycles. The van der Waals surface area contributed by atoms with Crippen molar-refractivity contribution in [3.8, 4) is 0 Å². The van der Waals surface area contributed by atoms with Crippen molar-refractivity contribution in [1.82, 2.24) is 15.0 Å². The van der Waals surface area contributed by atoms with E-state index in [0.717, 1.165) is 32.1 Å². The molecule has 1 aliphatic heterocycles. The Morgan fingerprint density at radius 2 is 2.00 bits per heavy atom. The fourth-order valence-corrected chi connectivity index (χ4v) is 4.16. The number of anilines is 2. The monoisotopic (exact) mass is 319 g/mol. The van der Waals surface area contributed by atoms with E-state index in [4.69, 9.17) is 0 Å². The number of nitrogens with one attached hydrogen (secondary N) is 1. The summed E-state index contributed by atoms with van der Waals surface area (Å²) >= 11 is 0. The maximum absolute atomic E-state index is 12.7. The lowest BCUT2D eigenvalue weighted by molar-refractivity contribution is 0.147. The standard InChI is InChI=1S/C16H25N5O2/c1-19-9-17-15-14(16(19)23)20(11-5-2-3-6-11)10-21(15)18-12-7-4-8-13(12)22/h9,11-13,18,22H,2-8,10H2,1H3. The molecule has 2 atom stereocenters. The Labute approximate surface area is 135 Å². The summed E-state index contributed by atoms with van der Waals surface area (Å²) in [5, 5.41) is 12.1. The molecule has 0 amide bonds. The van der Waals surface area contributed by atoms with Crippen molar-refractivity contribution in [2.24, 2.45) is 7.05 Å². The van der Waals surface area contributed by atoms with Crippen LogP contribution in [0, 0.1) is 0 Å². The van der Waals surface area contributed by atoms with E-state index in [1.54, 1.807) is 17.9 Å². The minimum Gasteiger partial charge on any atom is -0.391 e. The first-order chi connectivity index (χ1) is 11.1. The van der Waals surface area contributed by atoms with Gasteiger partial charge in [-0.05, 0) is 32.1 Å². The van der Waals surface area contributed by atoms with Crippen molar-refractivity contribution in [2.75, 3.05) is 16.6 Å². The molecule has 2 aliphatic carbocycles. The average molecular weight is 319 g/mol. The van der Waals surface area contributed by atoms with Gasteiger partial charge in [0, 0.05) is 13.1 Å². The van der Waals surface area contributed by atoms with E-state index in [1.165, 1.54) is 12.8 Å². The molecule has 0 radical (unpaired) electrons. The molecule has 2 N–H and O–H groups in total. The molecule has 126 valence electrons. The van der Waals surface area contributed by atoms with Gasteiger partial charge in [0.15, 0.2) is 5.82 Å². The van der Waals surface area contributed by atoms with E-state index in [0.29, 0.717) is 24.2 Å². The van der Waals surface area contributed by atoms with Gasteiger partial charge < -0.3 is 14.6 Å². The highest BCUT2D eigenvalue weighted by Crippen LogP contribution is 2.36. The van der Waals surface area contributed by atoms with Crippen LogP contribution in [0.2, 0.25) is 0 Å². The van der Waals surface area contributed by atoms with Crippen LogP contribution in [0.5, 0.6) is 0 Å². The molecule has 7 nitrogen and oxygen atoms in total. The van der Waals surface area contributed by atoms with Gasteiger partial charge in [0.25, 0.3) is 5.56 Å². The molecule has 2 saturated carbocycles. The SMILES string of the molecule is Cn1cnc2c(c1=O)N(C1CCCC1)CN2NC1CCCC1O. The fourth-order valence-electron chi connectivity index (χ4n) is 4.16. The first-order valence-corrected chi connectivity index (χ1v) is 8.69. The third kappa shape index (κ3) is 2.52. The number of hydrogen-bond acceptors (Lipinski definition) is 6. The number of aryl methyl sites for hydroxylation is 1. The molecule has 7 heteroatoms. The van der Waals surface area contributed by atoms with Crippen LogP contribution in [-0.2, 0) is 7.05 Å². The minimum atomic E-state index is -0.314. The van der Waals surface area contributed by atoms with Gasteiger partial charge in [-0.2, -0.15) is 0 Å². The number of hydrogen-bond donors (Lipinski definition) is 2. The molecule has 1 aromatic rings. The lowest BCUT2D eigenvalue weighted by Crippen LogP contribution is -2.50. The van der Waals surface area contributed by atoms with Gasteiger partial charge in [-0.25, -0.2) is 10.4 Å². The van der Waals surface area contributed by atoms with Crippen LogP contribution in [0.25, 0.3) is 0 Å². The normalized spacial score (nSPS) is 27.9. The molecule has 0 spiro atoms. The average Bonchev–Trinajstić information content (AvgIpc) is 3.25. The summed E-state index contributed by atoms with van der Waals surface area (Å²) in [7, 11) is 1.75. The Morgan fingerprint density at radius 3 is 2.70 bits per heavy atom. The molecule has 2 fully saturated rings. The molecule has 4 rings (SSSR count). The van der Waals surface area contributed by atoms with Crippen LogP contribution in [0.1, 0.15) is 44.9 Å². The number of aromatic nitrogens is 2. The minimum absolute atomic E-state index is 0.0122. The van der Waals surface area contributed by atoms with Gasteiger partial charge in [0.05, 0.1) is 18.5 Å². The van der Waals surface area contributed by atoms with E-state index < -0.39 is 0 Å². The zero-order chi connectivity index (χ0) is 16.0. The van der Waals surface area contributed by atoms with Crippen molar-refractivity contribution >= 4 is 11.5 Å². The van der Waals surface area contributed by atoms with Crippen LogP contribution >= 0.6 is 0 Å². The number of aliphatic hydroxyl groups is 1. The van der Waals surface area contributed by atoms with E-state index in [9.17, 15) is 9.90 Å². The summed E-state index contributed by atoms with van der Waals surface area (Å²) in [6.07, 6.45) is 8.84. The summed E-state index contributed by atoms with van der Waals surface area (Å²) < 4.78 is 1.55. The molecular weight excluding hydrogens is 294 g/mol. The van der Waals surface area contributed by atoms with Crippen LogP contribution < -0.4 is 20.9 Å². The van der Waals surface area contributed by atoms with Crippen molar-refractivity contribution in [3.05, 3.63) is 16.7 Å². The predicted molar refractivity (Wildman–Crippen MR) is 88.3 cm³/mol. The molecule has 23 heavy (non-hydrogen) atoms. The zero-order valence-electron chi connectivity index (χ0n) is 13.6. The fraction of sp³-hybridized carbons (Fsp3) is 0.750. The Balaban J connectivity index is 1.65. The van der Waals surface area contributed by atoms with Crippen LogP contribution in [0.3, 0.4) is 0 Å². The highest BCUT2D eigenvalue weighted by Gasteiger charge is 2.38. The van der Waals surface area contributed by atoms with Gasteiger partial charge in [-0.1, -0.05) is 12.8 Å². The summed E-state index contributed by atoms with van der Waals surface area (Å²) in [5.41, 5.74) is 4.14. The second kappa shape index (κ2) is 5.79. The second-order valence-electron chi connectivity index (χ2n) is 7.04. The lowest BCUT2D eigenvalue weighted by atomic mass is 10.2. The van der Waals surface area contributed by atoms with E-state index in [2.05, 4.69) is 15.3 Å². The highest BCUT2D eigenvalue weighted by molar-refractivity contribution is 5.71. The zero-order valence-corrected chi connectivity index (χ0v) is 13.6. The van der Waals surface area contributed by atoms with Gasteiger partial charge in [0.2, 0.25) is 0 Å². The Hall–Kier alpha value is -1.60. The molecular formula is C16H25N5O2. The first kappa shape index (κ1) is 15.0. The van der Waals surface area contributed by atoms with E-state index in [-0.39, 0.29) is 17.7 Å². The molecule has 0 bridgehead atoms. The second-order valence-corrected chi connectivity index (χ2v) is 7.04. The Bertz CT molecular complexity index is 640. The van der Waals surface area contributed by atoms with E-state index in [1.807, 2.05) is 5.01 Å². The van der Waals surface area contributed by atoms with Crippen LogP contribution in [0.4, 0.5) is 11.5 Å². The smallest absolute Gasteiger partial charge is 0.278 e. The summed E-state index contributed by atoms with van der Waals surface area (Å²) in [4.78, 5) is 19.4. The maximum Gasteiger partial charge on any atom is 0.278 e. The third-order valence-corrected chi connectivity index (χ3v) is 5.49. The van der Waals surface area contributed by atoms with Crippen molar-refractivity contribution in [2.45, 2.75) is 63.1 Å². The quantitative estimate of drug-likeness (QED) is 0.855. The largest absolute Gasteiger partial charge is 0.391 e. The summed E-state index contributed by atoms with van der Waals surface area (Å²) in [6.45, 7) is 0.634. The summed E-state index contributed by atoms with van der Waals surface area (Å²) in [6, 6.07) is 0.475. The topological polar surface area (TPSA) is 73.6 Å². The molecule has 2 unspecified atom stereocenters. The third-order valence-electron chi connectivity index (χ3n) is 5.49. The number of fused-ring (bicyclic) bond motifs is 1. The van der Waals surface area contributed by atoms with Gasteiger partial charge >= 0.3 is 0 Å². The van der Waals surface area contributed by atoms with Crippen LogP contribution in [0.15, 0.2) is 11.1 Å². The van der Waals surface area contributed by atoms with Gasteiger partial charge in [0.1, 0.15) is 12.4 Å². The number of aliphatic hydroxyl groups excluding tert-OH is 1. The van der Waals surface area contributed by atoms with E-state index >= 15 is 0 Å². The van der Waals surface area contributed by atoms with Crippen molar-refractivity contribution < 1.29 is 5.11 Å². The molecule has 2 heterocycles. The van der Waals surface area contributed by atoms with Crippen molar-refractivity contribution in [1.29, 1.82) is 0 Å². The maximum atomic E-state index is 12.7. The lowest BCUT2D eigenvalue weighted by Gasteiger charge is -2.29. The van der Waals surface area contributed by atoms with Gasteiger partial charge in [-0.15, -0.1) is 0 Å². The van der Waals surface area contributed by atoms with Crippen LogP contribution in [-0.4, -0.2) is 39.5 Å². The predicted octanol–water partition coefficient (Wildman–Crippen LogP) is 0.725. The first-order valence-electron chi connectivity index (χ1n) is 8.69. The summed E-state index contributed by atoms with van der Waals surface area (Å²) in [5.74, 6) is 0.708. The molecule has 3 aliphatic rings. The number of nitrogens with zero attached hydrogens (tertiary/aromatic N) is 4. The number of rotatable bonds is 3. The Morgan fingerprint density at radius 1 is 1.22 bits per heavy atom. The molecule has 0 aromatic carbocycles. The Kier molecular flexibility index (Phi) is 3.77. The van der Waals surface area contributed by atoms with Gasteiger partial charge in [-0.3, -0.25) is 9.80 Å². The highest BCUT2D eigenvalue weighted by atomic mass is 16.3. The van der Waals surface area contributed by atoms with Crippen molar-refractivity contribution in [3.63, 3.8) is 0 Å².